The Kier molecular flexibility index (Phi) is 3.95. The van der Waals surface area contributed by atoms with Crippen molar-refractivity contribution in [1.29, 1.82) is 0 Å². The molecule has 0 saturated carbocycles. The van der Waals surface area contributed by atoms with Gasteiger partial charge < -0.3 is 10.2 Å². The Labute approximate surface area is 147 Å². The minimum Gasteiger partial charge on any atom is -0.324 e. The average molecular weight is 360 g/mol. The van der Waals surface area contributed by atoms with Gasteiger partial charge in [0.25, 0.3) is 5.91 Å². The van der Waals surface area contributed by atoms with Crippen LogP contribution in [0, 0.1) is 11.6 Å². The number of hydrogen-bond donors (Lipinski definition) is 1. The highest BCUT2D eigenvalue weighted by atomic mass is 32.2. The molecule has 0 aliphatic carbocycles. The number of carbonyl (C=O) groups is 2. The maximum absolute atomic E-state index is 13.7. The standard InChI is InChI=1S/C18H14F2N2O2S/c19-12-6-10-2-1-5-22(15(10)8-13(12)20)18(24)11-3-4-16-14(7-11)21-17(23)9-25-16/h3-4,6-8H,1-2,5,9H2,(H,21,23). The summed E-state index contributed by atoms with van der Waals surface area (Å²) in [5.41, 5.74) is 2.04. The van der Waals surface area contributed by atoms with Crippen LogP contribution in [0.25, 0.3) is 0 Å². The molecule has 128 valence electrons. The van der Waals surface area contributed by atoms with Gasteiger partial charge in [-0.2, -0.15) is 0 Å². The van der Waals surface area contributed by atoms with Crippen molar-refractivity contribution in [3.8, 4) is 0 Å². The summed E-state index contributed by atoms with van der Waals surface area (Å²) in [6.45, 7) is 0.440. The number of hydrogen-bond acceptors (Lipinski definition) is 3. The first-order valence-electron chi connectivity index (χ1n) is 7.89. The molecule has 4 nitrogen and oxygen atoms in total. The van der Waals surface area contributed by atoms with E-state index < -0.39 is 11.6 Å². The van der Waals surface area contributed by atoms with Crippen LogP contribution in [0.15, 0.2) is 35.2 Å². The molecule has 4 rings (SSSR count). The smallest absolute Gasteiger partial charge is 0.258 e. The van der Waals surface area contributed by atoms with Crippen molar-refractivity contribution in [3.05, 3.63) is 53.1 Å². The summed E-state index contributed by atoms with van der Waals surface area (Å²) in [6.07, 6.45) is 1.29. The summed E-state index contributed by atoms with van der Waals surface area (Å²) < 4.78 is 27.1. The third kappa shape index (κ3) is 2.89. The Morgan fingerprint density at radius 3 is 2.80 bits per heavy atom. The summed E-state index contributed by atoms with van der Waals surface area (Å²) in [4.78, 5) is 26.8. The molecular formula is C18H14F2N2O2S. The van der Waals surface area contributed by atoms with Gasteiger partial charge in [-0.3, -0.25) is 9.59 Å². The summed E-state index contributed by atoms with van der Waals surface area (Å²) in [5, 5.41) is 2.75. The second-order valence-corrected chi connectivity index (χ2v) is 7.02. The van der Waals surface area contributed by atoms with E-state index in [1.54, 1.807) is 18.2 Å². The third-order valence-corrected chi connectivity index (χ3v) is 5.42. The predicted molar refractivity (Wildman–Crippen MR) is 92.2 cm³/mol. The molecule has 0 aromatic heterocycles. The molecule has 25 heavy (non-hydrogen) atoms. The first-order valence-corrected chi connectivity index (χ1v) is 8.88. The molecule has 0 bridgehead atoms. The molecular weight excluding hydrogens is 346 g/mol. The fourth-order valence-corrected chi connectivity index (χ4v) is 3.95. The molecule has 1 N–H and O–H groups in total. The molecule has 0 unspecified atom stereocenters. The molecule has 2 aliphatic rings. The van der Waals surface area contributed by atoms with Gasteiger partial charge in [-0.15, -0.1) is 11.8 Å². The highest BCUT2D eigenvalue weighted by molar-refractivity contribution is 8.00. The highest BCUT2D eigenvalue weighted by Gasteiger charge is 2.26. The lowest BCUT2D eigenvalue weighted by Crippen LogP contribution is -2.35. The number of halogens is 2. The van der Waals surface area contributed by atoms with Gasteiger partial charge in [0.15, 0.2) is 11.6 Å². The summed E-state index contributed by atoms with van der Waals surface area (Å²) in [5.74, 6) is -1.92. The number of nitrogens with one attached hydrogen (secondary N) is 1. The number of thioether (sulfide) groups is 1. The minimum atomic E-state index is -0.965. The molecule has 2 aromatic carbocycles. The first-order chi connectivity index (χ1) is 12.0. The monoisotopic (exact) mass is 360 g/mol. The summed E-state index contributed by atoms with van der Waals surface area (Å²) in [6, 6.07) is 7.37. The number of benzene rings is 2. The molecule has 0 spiro atoms. The maximum Gasteiger partial charge on any atom is 0.258 e. The van der Waals surface area contributed by atoms with Crippen LogP contribution in [0.1, 0.15) is 22.3 Å². The van der Waals surface area contributed by atoms with Gasteiger partial charge in [-0.1, -0.05) is 0 Å². The number of aryl methyl sites for hydroxylation is 1. The first kappa shape index (κ1) is 16.1. The summed E-state index contributed by atoms with van der Waals surface area (Å²) >= 11 is 1.42. The van der Waals surface area contributed by atoms with E-state index >= 15 is 0 Å². The van der Waals surface area contributed by atoms with E-state index in [4.69, 9.17) is 0 Å². The van der Waals surface area contributed by atoms with E-state index in [0.29, 0.717) is 47.6 Å². The average Bonchev–Trinajstić information content (AvgIpc) is 2.61. The largest absolute Gasteiger partial charge is 0.324 e. The Morgan fingerprint density at radius 1 is 1.16 bits per heavy atom. The Balaban J connectivity index is 1.70. The van der Waals surface area contributed by atoms with E-state index in [1.807, 2.05) is 0 Å². The number of carbonyl (C=O) groups excluding carboxylic acids is 2. The number of anilines is 2. The zero-order valence-corrected chi connectivity index (χ0v) is 14.0. The number of nitrogens with zero attached hydrogens (tertiary/aromatic N) is 1. The Hall–Kier alpha value is -2.41. The minimum absolute atomic E-state index is 0.108. The lowest BCUT2D eigenvalue weighted by Gasteiger charge is -2.30. The molecule has 0 atom stereocenters. The van der Waals surface area contributed by atoms with Crippen molar-refractivity contribution in [2.45, 2.75) is 17.7 Å². The second-order valence-electron chi connectivity index (χ2n) is 6.00. The van der Waals surface area contributed by atoms with Crippen molar-refractivity contribution < 1.29 is 18.4 Å². The van der Waals surface area contributed by atoms with Crippen LogP contribution < -0.4 is 10.2 Å². The Bertz CT molecular complexity index is 901. The quantitative estimate of drug-likeness (QED) is 0.845. The van der Waals surface area contributed by atoms with Crippen molar-refractivity contribution in [1.82, 2.24) is 0 Å². The lowest BCUT2D eigenvalue weighted by molar-refractivity contribution is -0.113. The third-order valence-electron chi connectivity index (χ3n) is 4.34. The van der Waals surface area contributed by atoms with E-state index in [1.165, 1.54) is 16.7 Å². The van der Waals surface area contributed by atoms with Crippen molar-refractivity contribution >= 4 is 35.0 Å². The molecule has 0 fully saturated rings. The van der Waals surface area contributed by atoms with Gasteiger partial charge in [0, 0.05) is 23.1 Å². The van der Waals surface area contributed by atoms with Gasteiger partial charge in [-0.25, -0.2) is 8.78 Å². The zero-order chi connectivity index (χ0) is 17.6. The van der Waals surface area contributed by atoms with Crippen molar-refractivity contribution in [2.24, 2.45) is 0 Å². The number of rotatable bonds is 1. The van der Waals surface area contributed by atoms with Gasteiger partial charge in [0.2, 0.25) is 5.91 Å². The SMILES string of the molecule is O=C1CSc2ccc(C(=O)N3CCCc4cc(F)c(F)cc43)cc2N1. The number of fused-ring (bicyclic) bond motifs is 2. The molecule has 2 heterocycles. The fraction of sp³-hybridized carbons (Fsp3) is 0.222. The lowest BCUT2D eigenvalue weighted by atomic mass is 10.00. The normalized spacial score (nSPS) is 16.1. The van der Waals surface area contributed by atoms with E-state index in [-0.39, 0.29) is 11.8 Å². The van der Waals surface area contributed by atoms with E-state index in [0.717, 1.165) is 17.0 Å². The fourth-order valence-electron chi connectivity index (χ4n) is 3.16. The van der Waals surface area contributed by atoms with Crippen molar-refractivity contribution in [2.75, 3.05) is 22.5 Å². The molecule has 2 amide bonds. The molecule has 0 saturated heterocycles. The van der Waals surface area contributed by atoms with Crippen molar-refractivity contribution in [3.63, 3.8) is 0 Å². The van der Waals surface area contributed by atoms with E-state index in [2.05, 4.69) is 5.32 Å². The maximum atomic E-state index is 13.7. The molecule has 0 radical (unpaired) electrons. The van der Waals surface area contributed by atoms with Gasteiger partial charge >= 0.3 is 0 Å². The van der Waals surface area contributed by atoms with Crippen LogP contribution in [-0.4, -0.2) is 24.1 Å². The summed E-state index contributed by atoms with van der Waals surface area (Å²) in [7, 11) is 0. The predicted octanol–water partition coefficient (Wildman–Crippen LogP) is 3.60. The highest BCUT2D eigenvalue weighted by Crippen LogP contribution is 2.34. The van der Waals surface area contributed by atoms with E-state index in [9.17, 15) is 18.4 Å². The second kappa shape index (κ2) is 6.15. The zero-order valence-electron chi connectivity index (χ0n) is 13.1. The van der Waals surface area contributed by atoms with Crippen LogP contribution in [0.3, 0.4) is 0 Å². The topological polar surface area (TPSA) is 49.4 Å². The number of amides is 2. The van der Waals surface area contributed by atoms with Crippen LogP contribution in [0.5, 0.6) is 0 Å². The van der Waals surface area contributed by atoms with Crippen LogP contribution in [-0.2, 0) is 11.2 Å². The van der Waals surface area contributed by atoms with Crippen LogP contribution in [0.2, 0.25) is 0 Å². The van der Waals surface area contributed by atoms with Gasteiger partial charge in [0.1, 0.15) is 0 Å². The van der Waals surface area contributed by atoms with Crippen LogP contribution in [0.4, 0.5) is 20.2 Å². The Morgan fingerprint density at radius 2 is 1.96 bits per heavy atom. The van der Waals surface area contributed by atoms with Crippen LogP contribution >= 0.6 is 11.8 Å². The molecule has 2 aromatic rings. The van der Waals surface area contributed by atoms with Gasteiger partial charge in [-0.05, 0) is 42.7 Å². The molecule has 7 heteroatoms. The molecule has 2 aliphatic heterocycles. The van der Waals surface area contributed by atoms with Gasteiger partial charge in [0.05, 0.1) is 17.1 Å².